The lowest BCUT2D eigenvalue weighted by Crippen LogP contribution is -2.08. The SMILES string of the molecule is CCCCOCCOc1nc(Cl)nc2sc(C)cc12. The van der Waals surface area contributed by atoms with Crippen molar-refractivity contribution in [1.82, 2.24) is 9.97 Å². The zero-order chi connectivity index (χ0) is 13.7. The number of aromatic nitrogens is 2. The molecule has 0 radical (unpaired) electrons. The van der Waals surface area contributed by atoms with Crippen LogP contribution in [0, 0.1) is 6.92 Å². The van der Waals surface area contributed by atoms with Gasteiger partial charge in [-0.3, -0.25) is 0 Å². The van der Waals surface area contributed by atoms with Gasteiger partial charge in [-0.05, 0) is 31.0 Å². The van der Waals surface area contributed by atoms with Crippen LogP contribution in [0.1, 0.15) is 24.6 Å². The van der Waals surface area contributed by atoms with Crippen LogP contribution < -0.4 is 4.74 Å². The monoisotopic (exact) mass is 300 g/mol. The molecule has 0 atom stereocenters. The van der Waals surface area contributed by atoms with Crippen molar-refractivity contribution in [2.24, 2.45) is 0 Å². The minimum atomic E-state index is 0.219. The van der Waals surface area contributed by atoms with Gasteiger partial charge >= 0.3 is 0 Å². The third kappa shape index (κ3) is 4.03. The Morgan fingerprint density at radius 1 is 1.26 bits per heavy atom. The lowest BCUT2D eigenvalue weighted by Gasteiger charge is -2.07. The van der Waals surface area contributed by atoms with Gasteiger partial charge < -0.3 is 9.47 Å². The van der Waals surface area contributed by atoms with Crippen molar-refractivity contribution in [2.45, 2.75) is 26.7 Å². The maximum Gasteiger partial charge on any atom is 0.227 e. The Kier molecular flexibility index (Phi) is 5.36. The van der Waals surface area contributed by atoms with Crippen LogP contribution in [0.25, 0.3) is 10.2 Å². The predicted molar refractivity (Wildman–Crippen MR) is 78.4 cm³/mol. The first-order valence-electron chi connectivity index (χ1n) is 6.35. The molecule has 0 aromatic carbocycles. The zero-order valence-electron chi connectivity index (χ0n) is 11.1. The van der Waals surface area contributed by atoms with Gasteiger partial charge in [0, 0.05) is 11.5 Å². The summed E-state index contributed by atoms with van der Waals surface area (Å²) in [4.78, 5) is 10.3. The van der Waals surface area contributed by atoms with E-state index in [2.05, 4.69) is 16.9 Å². The Morgan fingerprint density at radius 2 is 2.11 bits per heavy atom. The third-order valence-corrected chi connectivity index (χ3v) is 3.68. The molecule has 2 aromatic heterocycles. The molecule has 2 rings (SSSR count). The van der Waals surface area contributed by atoms with Crippen LogP contribution in [0.4, 0.5) is 0 Å². The third-order valence-electron chi connectivity index (χ3n) is 2.56. The highest BCUT2D eigenvalue weighted by Gasteiger charge is 2.10. The summed E-state index contributed by atoms with van der Waals surface area (Å²) in [5, 5.41) is 1.14. The number of ether oxygens (including phenoxy) is 2. The molecule has 0 aliphatic heterocycles. The van der Waals surface area contributed by atoms with Gasteiger partial charge in [-0.15, -0.1) is 11.3 Å². The zero-order valence-corrected chi connectivity index (χ0v) is 12.7. The summed E-state index contributed by atoms with van der Waals surface area (Å²) in [5.41, 5.74) is 0. The van der Waals surface area contributed by atoms with Crippen molar-refractivity contribution in [2.75, 3.05) is 19.8 Å². The largest absolute Gasteiger partial charge is 0.475 e. The Labute approximate surface area is 121 Å². The molecule has 19 heavy (non-hydrogen) atoms. The number of fused-ring (bicyclic) bond motifs is 1. The highest BCUT2D eigenvalue weighted by atomic mass is 35.5. The van der Waals surface area contributed by atoms with E-state index in [9.17, 15) is 0 Å². The van der Waals surface area contributed by atoms with E-state index >= 15 is 0 Å². The van der Waals surface area contributed by atoms with Crippen molar-refractivity contribution in [1.29, 1.82) is 0 Å². The molecule has 104 valence electrons. The maximum absolute atomic E-state index is 5.89. The lowest BCUT2D eigenvalue weighted by molar-refractivity contribution is 0.0971. The number of hydrogen-bond donors (Lipinski definition) is 0. The van der Waals surface area contributed by atoms with Crippen LogP contribution >= 0.6 is 22.9 Å². The van der Waals surface area contributed by atoms with Gasteiger partial charge in [0.15, 0.2) is 0 Å². The molecule has 0 saturated carbocycles. The molecule has 4 nitrogen and oxygen atoms in total. The molecule has 0 spiro atoms. The average molecular weight is 301 g/mol. The molecule has 2 heterocycles. The first-order chi connectivity index (χ1) is 9.20. The number of rotatable bonds is 7. The summed E-state index contributed by atoms with van der Waals surface area (Å²) in [6.45, 7) is 5.97. The Bertz CT molecular complexity index is 545. The average Bonchev–Trinajstić information content (AvgIpc) is 2.73. The minimum Gasteiger partial charge on any atom is -0.475 e. The van der Waals surface area contributed by atoms with Crippen LogP contribution in [0.2, 0.25) is 5.28 Å². The van der Waals surface area contributed by atoms with E-state index in [-0.39, 0.29) is 5.28 Å². The predicted octanol–water partition coefficient (Wildman–Crippen LogP) is 3.85. The molecular formula is C13H17ClN2O2S. The molecule has 0 bridgehead atoms. The van der Waals surface area contributed by atoms with Gasteiger partial charge in [-0.1, -0.05) is 13.3 Å². The summed E-state index contributed by atoms with van der Waals surface area (Å²) < 4.78 is 11.1. The standard InChI is InChI=1S/C13H17ClN2O2S/c1-3-4-5-17-6-7-18-11-10-8-9(2)19-12(10)16-13(14)15-11/h8H,3-7H2,1-2H3. The Hall–Kier alpha value is -0.910. The van der Waals surface area contributed by atoms with Crippen LogP contribution in [-0.2, 0) is 4.74 Å². The van der Waals surface area contributed by atoms with Crippen molar-refractivity contribution >= 4 is 33.2 Å². The summed E-state index contributed by atoms with van der Waals surface area (Å²) in [6, 6.07) is 2.02. The van der Waals surface area contributed by atoms with Crippen LogP contribution in [-0.4, -0.2) is 29.8 Å². The molecular weight excluding hydrogens is 284 g/mol. The van der Waals surface area contributed by atoms with E-state index in [1.54, 1.807) is 11.3 Å². The fourth-order valence-electron chi connectivity index (χ4n) is 1.65. The summed E-state index contributed by atoms with van der Waals surface area (Å²) in [6.07, 6.45) is 2.21. The molecule has 0 amide bonds. The van der Waals surface area contributed by atoms with Crippen LogP contribution in [0.5, 0.6) is 5.88 Å². The first-order valence-corrected chi connectivity index (χ1v) is 7.54. The minimum absolute atomic E-state index is 0.219. The molecule has 0 saturated heterocycles. The van der Waals surface area contributed by atoms with E-state index in [1.165, 1.54) is 0 Å². The number of halogens is 1. The van der Waals surface area contributed by atoms with Gasteiger partial charge in [-0.2, -0.15) is 4.98 Å². The van der Waals surface area contributed by atoms with Crippen molar-refractivity contribution in [3.05, 3.63) is 16.2 Å². The van der Waals surface area contributed by atoms with Crippen LogP contribution in [0.15, 0.2) is 6.07 Å². The number of aryl methyl sites for hydroxylation is 1. The van der Waals surface area contributed by atoms with Gasteiger partial charge in [0.05, 0.1) is 12.0 Å². The van der Waals surface area contributed by atoms with Crippen molar-refractivity contribution in [3.63, 3.8) is 0 Å². The molecule has 6 heteroatoms. The highest BCUT2D eigenvalue weighted by Crippen LogP contribution is 2.30. The van der Waals surface area contributed by atoms with E-state index in [4.69, 9.17) is 21.1 Å². The second-order valence-electron chi connectivity index (χ2n) is 4.19. The normalized spacial score (nSPS) is 11.1. The van der Waals surface area contributed by atoms with E-state index < -0.39 is 0 Å². The Morgan fingerprint density at radius 3 is 2.89 bits per heavy atom. The highest BCUT2D eigenvalue weighted by molar-refractivity contribution is 7.18. The fraction of sp³-hybridized carbons (Fsp3) is 0.538. The number of unbranched alkanes of at least 4 members (excludes halogenated alkanes) is 1. The van der Waals surface area contributed by atoms with Gasteiger partial charge in [0.25, 0.3) is 0 Å². The molecule has 0 aliphatic rings. The number of thiophene rings is 1. The van der Waals surface area contributed by atoms with E-state index in [0.29, 0.717) is 19.1 Å². The van der Waals surface area contributed by atoms with Crippen molar-refractivity contribution in [3.8, 4) is 5.88 Å². The summed E-state index contributed by atoms with van der Waals surface area (Å²) in [7, 11) is 0. The molecule has 0 N–H and O–H groups in total. The maximum atomic E-state index is 5.89. The summed E-state index contributed by atoms with van der Waals surface area (Å²) in [5.74, 6) is 0.540. The fourth-order valence-corrected chi connectivity index (χ4v) is 2.73. The summed E-state index contributed by atoms with van der Waals surface area (Å²) >= 11 is 7.47. The van der Waals surface area contributed by atoms with Crippen molar-refractivity contribution < 1.29 is 9.47 Å². The molecule has 0 fully saturated rings. The first kappa shape index (κ1) is 14.5. The quantitative estimate of drug-likeness (QED) is 0.575. The number of hydrogen-bond acceptors (Lipinski definition) is 5. The smallest absolute Gasteiger partial charge is 0.227 e. The second kappa shape index (κ2) is 7.03. The Balaban J connectivity index is 1.96. The van der Waals surface area contributed by atoms with E-state index in [1.807, 2.05) is 13.0 Å². The van der Waals surface area contributed by atoms with Gasteiger partial charge in [0.1, 0.15) is 11.4 Å². The van der Waals surface area contributed by atoms with Gasteiger partial charge in [0.2, 0.25) is 11.2 Å². The van der Waals surface area contributed by atoms with Crippen LogP contribution in [0.3, 0.4) is 0 Å². The molecule has 2 aromatic rings. The molecule has 0 unspecified atom stereocenters. The lowest BCUT2D eigenvalue weighted by atomic mass is 10.3. The molecule has 0 aliphatic carbocycles. The second-order valence-corrected chi connectivity index (χ2v) is 5.76. The van der Waals surface area contributed by atoms with Gasteiger partial charge in [-0.25, -0.2) is 4.98 Å². The van der Waals surface area contributed by atoms with E-state index in [0.717, 1.165) is 34.5 Å². The topological polar surface area (TPSA) is 44.2 Å². The number of nitrogens with zero attached hydrogens (tertiary/aromatic N) is 2.